The fraction of sp³-hybridized carbons (Fsp3) is 0.600. The van der Waals surface area contributed by atoms with Gasteiger partial charge in [-0.3, -0.25) is 0 Å². The van der Waals surface area contributed by atoms with E-state index in [2.05, 4.69) is 31.7 Å². The highest BCUT2D eigenvalue weighted by atomic mass is 35.5. The van der Waals surface area contributed by atoms with Crippen LogP contribution in [0.2, 0.25) is 5.02 Å². The molecule has 1 aromatic carbocycles. The number of nitrogens with two attached hydrogens (primary N) is 1. The second-order valence-corrected chi connectivity index (χ2v) is 5.61. The Morgan fingerprint density at radius 3 is 2.44 bits per heavy atom. The molecular formula is C15H25ClN2. The molecule has 0 spiro atoms. The van der Waals surface area contributed by atoms with Crippen molar-refractivity contribution in [2.75, 3.05) is 11.4 Å². The summed E-state index contributed by atoms with van der Waals surface area (Å²) < 4.78 is 0. The Hall–Kier alpha value is -0.730. The third-order valence-corrected chi connectivity index (χ3v) is 3.37. The van der Waals surface area contributed by atoms with Crippen molar-refractivity contribution in [2.24, 2.45) is 5.73 Å². The van der Waals surface area contributed by atoms with E-state index in [1.807, 2.05) is 19.1 Å². The van der Waals surface area contributed by atoms with Gasteiger partial charge in [-0.25, -0.2) is 0 Å². The molecule has 2 nitrogen and oxygen atoms in total. The molecule has 0 amide bonds. The average Bonchev–Trinajstić information content (AvgIpc) is 2.28. The normalized spacial score (nSPS) is 12.8. The molecule has 1 atom stereocenters. The number of anilines is 1. The van der Waals surface area contributed by atoms with Gasteiger partial charge in [-0.15, -0.1) is 0 Å². The SMILES string of the molecule is CCCN(c1cccc(Cl)c1CC(C)N)C(C)C. The van der Waals surface area contributed by atoms with Gasteiger partial charge in [-0.05, 0) is 51.3 Å². The largest absolute Gasteiger partial charge is 0.369 e. The molecule has 0 fully saturated rings. The minimum atomic E-state index is 0.124. The minimum Gasteiger partial charge on any atom is -0.369 e. The number of hydrogen-bond donors (Lipinski definition) is 1. The molecule has 0 bridgehead atoms. The van der Waals surface area contributed by atoms with Gasteiger partial charge in [0.15, 0.2) is 0 Å². The predicted octanol–water partition coefficient (Wildman–Crippen LogP) is 3.85. The average molecular weight is 269 g/mol. The summed E-state index contributed by atoms with van der Waals surface area (Å²) in [6.07, 6.45) is 1.95. The Morgan fingerprint density at radius 1 is 1.28 bits per heavy atom. The van der Waals surface area contributed by atoms with Gasteiger partial charge in [-0.1, -0.05) is 24.6 Å². The molecule has 0 aliphatic heterocycles. The van der Waals surface area contributed by atoms with Crippen molar-refractivity contribution < 1.29 is 0 Å². The van der Waals surface area contributed by atoms with E-state index in [9.17, 15) is 0 Å². The summed E-state index contributed by atoms with van der Waals surface area (Å²) in [7, 11) is 0. The molecule has 0 saturated carbocycles. The van der Waals surface area contributed by atoms with E-state index in [1.54, 1.807) is 0 Å². The van der Waals surface area contributed by atoms with Crippen LogP contribution in [-0.4, -0.2) is 18.6 Å². The van der Waals surface area contributed by atoms with Crippen LogP contribution in [0.3, 0.4) is 0 Å². The molecule has 0 radical (unpaired) electrons. The maximum atomic E-state index is 6.34. The lowest BCUT2D eigenvalue weighted by molar-refractivity contribution is 0.661. The van der Waals surface area contributed by atoms with E-state index >= 15 is 0 Å². The number of halogens is 1. The van der Waals surface area contributed by atoms with Gasteiger partial charge in [0.1, 0.15) is 0 Å². The lowest BCUT2D eigenvalue weighted by Gasteiger charge is -2.31. The summed E-state index contributed by atoms with van der Waals surface area (Å²) in [4.78, 5) is 2.41. The van der Waals surface area contributed by atoms with Crippen molar-refractivity contribution in [3.8, 4) is 0 Å². The molecule has 102 valence electrons. The van der Waals surface area contributed by atoms with Crippen LogP contribution in [0, 0.1) is 0 Å². The zero-order valence-corrected chi connectivity index (χ0v) is 12.7. The Bertz CT molecular complexity index is 375. The van der Waals surface area contributed by atoms with E-state index in [-0.39, 0.29) is 6.04 Å². The van der Waals surface area contributed by atoms with E-state index in [0.29, 0.717) is 6.04 Å². The summed E-state index contributed by atoms with van der Waals surface area (Å²) >= 11 is 6.34. The molecule has 1 aromatic rings. The molecule has 0 aliphatic carbocycles. The number of nitrogens with zero attached hydrogens (tertiary/aromatic N) is 1. The smallest absolute Gasteiger partial charge is 0.0459 e. The van der Waals surface area contributed by atoms with Crippen LogP contribution in [0.15, 0.2) is 18.2 Å². The van der Waals surface area contributed by atoms with Gasteiger partial charge in [-0.2, -0.15) is 0 Å². The second-order valence-electron chi connectivity index (χ2n) is 5.21. The Kier molecular flexibility index (Phi) is 5.97. The van der Waals surface area contributed by atoms with Crippen LogP contribution in [0.25, 0.3) is 0 Å². The van der Waals surface area contributed by atoms with E-state index < -0.39 is 0 Å². The predicted molar refractivity (Wildman–Crippen MR) is 81.6 cm³/mol. The van der Waals surface area contributed by atoms with Gasteiger partial charge in [0.2, 0.25) is 0 Å². The van der Waals surface area contributed by atoms with Crippen LogP contribution in [0.4, 0.5) is 5.69 Å². The van der Waals surface area contributed by atoms with Gasteiger partial charge in [0, 0.05) is 29.3 Å². The highest BCUT2D eigenvalue weighted by Gasteiger charge is 2.16. The van der Waals surface area contributed by atoms with Crippen molar-refractivity contribution in [3.05, 3.63) is 28.8 Å². The fourth-order valence-electron chi connectivity index (χ4n) is 2.24. The summed E-state index contributed by atoms with van der Waals surface area (Å²) in [5.41, 5.74) is 8.35. The standard InChI is InChI=1S/C15H25ClN2/c1-5-9-18(11(2)3)15-8-6-7-14(16)13(15)10-12(4)17/h6-8,11-12H,5,9-10,17H2,1-4H3. The van der Waals surface area contributed by atoms with Crippen molar-refractivity contribution >= 4 is 17.3 Å². The highest BCUT2D eigenvalue weighted by molar-refractivity contribution is 6.31. The Morgan fingerprint density at radius 2 is 1.94 bits per heavy atom. The fourth-order valence-corrected chi connectivity index (χ4v) is 2.48. The summed E-state index contributed by atoms with van der Waals surface area (Å²) in [6.45, 7) is 9.69. The molecule has 1 unspecified atom stereocenters. The lowest BCUT2D eigenvalue weighted by atomic mass is 10.0. The van der Waals surface area contributed by atoms with E-state index in [1.165, 1.54) is 11.3 Å². The number of rotatable bonds is 6. The highest BCUT2D eigenvalue weighted by Crippen LogP contribution is 2.30. The van der Waals surface area contributed by atoms with Crippen molar-refractivity contribution in [2.45, 2.75) is 52.6 Å². The molecule has 1 rings (SSSR count). The zero-order chi connectivity index (χ0) is 13.7. The van der Waals surface area contributed by atoms with Gasteiger partial charge in [0.25, 0.3) is 0 Å². The van der Waals surface area contributed by atoms with Crippen LogP contribution >= 0.6 is 11.6 Å². The maximum Gasteiger partial charge on any atom is 0.0459 e. The molecule has 0 aromatic heterocycles. The molecule has 0 saturated heterocycles. The minimum absolute atomic E-state index is 0.124. The van der Waals surface area contributed by atoms with Crippen LogP contribution < -0.4 is 10.6 Å². The summed E-state index contributed by atoms with van der Waals surface area (Å²) in [5.74, 6) is 0. The first-order valence-corrected chi connectivity index (χ1v) is 7.14. The van der Waals surface area contributed by atoms with Crippen molar-refractivity contribution in [3.63, 3.8) is 0 Å². The van der Waals surface area contributed by atoms with Gasteiger partial charge in [0.05, 0.1) is 0 Å². The Labute approximate surface area is 116 Å². The molecule has 0 aliphatic rings. The monoisotopic (exact) mass is 268 g/mol. The molecule has 18 heavy (non-hydrogen) atoms. The number of benzene rings is 1. The quantitative estimate of drug-likeness (QED) is 0.849. The first-order chi connectivity index (χ1) is 8.47. The van der Waals surface area contributed by atoms with Crippen molar-refractivity contribution in [1.82, 2.24) is 0 Å². The van der Waals surface area contributed by atoms with Crippen molar-refractivity contribution in [1.29, 1.82) is 0 Å². The molecule has 0 heterocycles. The third-order valence-electron chi connectivity index (χ3n) is 3.02. The van der Waals surface area contributed by atoms with Gasteiger partial charge < -0.3 is 10.6 Å². The molecule has 2 N–H and O–H groups in total. The topological polar surface area (TPSA) is 29.3 Å². The van der Waals surface area contributed by atoms with Crippen LogP contribution in [0.1, 0.15) is 39.7 Å². The Balaban J connectivity index is 3.15. The summed E-state index contributed by atoms with van der Waals surface area (Å²) in [6, 6.07) is 6.72. The molecular weight excluding hydrogens is 244 g/mol. The van der Waals surface area contributed by atoms with E-state index in [4.69, 9.17) is 17.3 Å². The lowest BCUT2D eigenvalue weighted by Crippen LogP contribution is -2.33. The maximum absolute atomic E-state index is 6.34. The first-order valence-electron chi connectivity index (χ1n) is 6.77. The van der Waals surface area contributed by atoms with Gasteiger partial charge >= 0.3 is 0 Å². The first kappa shape index (κ1) is 15.3. The zero-order valence-electron chi connectivity index (χ0n) is 11.9. The van der Waals surface area contributed by atoms with Crippen LogP contribution in [0.5, 0.6) is 0 Å². The molecule has 3 heteroatoms. The second kappa shape index (κ2) is 7.01. The van der Waals surface area contributed by atoms with Crippen LogP contribution in [-0.2, 0) is 6.42 Å². The third kappa shape index (κ3) is 3.89. The van der Waals surface area contributed by atoms with E-state index in [0.717, 1.165) is 24.4 Å². The summed E-state index contributed by atoms with van der Waals surface area (Å²) in [5, 5.41) is 0.826. The number of hydrogen-bond acceptors (Lipinski definition) is 2.